The summed E-state index contributed by atoms with van der Waals surface area (Å²) in [5, 5.41) is 0. The molecule has 4 rings (SSSR count). The van der Waals surface area contributed by atoms with Crippen LogP contribution in [0.3, 0.4) is 0 Å². The highest BCUT2D eigenvalue weighted by atomic mass is 16.5. The van der Waals surface area contributed by atoms with Gasteiger partial charge in [0.1, 0.15) is 11.5 Å². The molecule has 31 heavy (non-hydrogen) atoms. The molecule has 3 aromatic rings. The first-order valence-corrected chi connectivity index (χ1v) is 10.1. The van der Waals surface area contributed by atoms with Gasteiger partial charge in [-0.05, 0) is 25.0 Å². The summed E-state index contributed by atoms with van der Waals surface area (Å²) in [7, 11) is 4.85. The molecule has 1 aliphatic rings. The minimum absolute atomic E-state index is 0.174. The van der Waals surface area contributed by atoms with Crippen molar-refractivity contribution >= 4 is 22.8 Å². The zero-order valence-corrected chi connectivity index (χ0v) is 18.5. The maximum absolute atomic E-state index is 13.3. The maximum Gasteiger partial charge on any atom is 0.332 e. The highest BCUT2D eigenvalue weighted by Crippen LogP contribution is 2.39. The summed E-state index contributed by atoms with van der Waals surface area (Å²) in [4.78, 5) is 32.9. The van der Waals surface area contributed by atoms with E-state index in [1.165, 1.54) is 9.13 Å². The molecule has 0 saturated carbocycles. The van der Waals surface area contributed by atoms with Gasteiger partial charge in [-0.25, -0.2) is 4.79 Å². The molecule has 0 bridgehead atoms. The van der Waals surface area contributed by atoms with Crippen molar-refractivity contribution in [1.29, 1.82) is 0 Å². The van der Waals surface area contributed by atoms with Crippen molar-refractivity contribution in [2.75, 3.05) is 25.7 Å². The van der Waals surface area contributed by atoms with Gasteiger partial charge >= 0.3 is 5.69 Å². The standard InChI is InChI=1S/C22H27N5O4/c1-13(2)10-27-20(28)18-19(24(4)22(27)29)23-21-25(11-14(3)12-26(18)21)16-8-7-15(30-5)9-17(16)31-6/h7-9,14H,1,10-12H2,2-6H3/t14-/m0/s1. The van der Waals surface area contributed by atoms with E-state index in [9.17, 15) is 9.59 Å². The molecule has 0 saturated heterocycles. The third-order valence-corrected chi connectivity index (χ3v) is 5.55. The normalized spacial score (nSPS) is 15.8. The Labute approximate surface area is 179 Å². The van der Waals surface area contributed by atoms with Crippen molar-refractivity contribution in [3.63, 3.8) is 0 Å². The maximum atomic E-state index is 13.3. The molecule has 164 valence electrons. The molecule has 3 heterocycles. The Morgan fingerprint density at radius 2 is 1.97 bits per heavy atom. The van der Waals surface area contributed by atoms with Gasteiger partial charge in [-0.3, -0.25) is 13.9 Å². The van der Waals surface area contributed by atoms with Crippen LogP contribution in [0.5, 0.6) is 11.5 Å². The lowest BCUT2D eigenvalue weighted by Crippen LogP contribution is -2.40. The van der Waals surface area contributed by atoms with Crippen molar-refractivity contribution < 1.29 is 9.47 Å². The number of ether oxygens (including phenoxy) is 2. The molecule has 0 unspecified atom stereocenters. The van der Waals surface area contributed by atoms with Gasteiger partial charge in [0.25, 0.3) is 5.56 Å². The number of aryl methyl sites for hydroxylation is 1. The van der Waals surface area contributed by atoms with E-state index in [-0.39, 0.29) is 18.0 Å². The number of fused-ring (bicyclic) bond motifs is 3. The van der Waals surface area contributed by atoms with Gasteiger partial charge in [-0.15, -0.1) is 0 Å². The van der Waals surface area contributed by atoms with Crippen molar-refractivity contribution in [3.05, 3.63) is 51.2 Å². The van der Waals surface area contributed by atoms with Crippen molar-refractivity contribution in [2.24, 2.45) is 13.0 Å². The zero-order chi connectivity index (χ0) is 22.4. The third-order valence-electron chi connectivity index (χ3n) is 5.55. The number of anilines is 2. The van der Waals surface area contributed by atoms with Crippen molar-refractivity contribution in [3.8, 4) is 11.5 Å². The minimum atomic E-state index is -0.405. The first-order valence-electron chi connectivity index (χ1n) is 10.1. The van der Waals surface area contributed by atoms with Gasteiger partial charge in [0.2, 0.25) is 5.95 Å². The van der Waals surface area contributed by atoms with E-state index >= 15 is 0 Å². The van der Waals surface area contributed by atoms with Crippen LogP contribution in [-0.4, -0.2) is 39.4 Å². The molecule has 1 atom stereocenters. The lowest BCUT2D eigenvalue weighted by molar-refractivity contribution is 0.392. The average molecular weight is 425 g/mol. The summed E-state index contributed by atoms with van der Waals surface area (Å²) in [6, 6.07) is 5.59. The van der Waals surface area contributed by atoms with Gasteiger partial charge in [-0.1, -0.05) is 19.1 Å². The highest BCUT2D eigenvalue weighted by molar-refractivity contribution is 5.78. The molecule has 9 heteroatoms. The molecule has 1 aliphatic heterocycles. The Balaban J connectivity index is 1.99. The topological polar surface area (TPSA) is 83.5 Å². The minimum Gasteiger partial charge on any atom is -0.497 e. The molecule has 0 radical (unpaired) electrons. The average Bonchev–Trinajstić information content (AvgIpc) is 3.13. The smallest absolute Gasteiger partial charge is 0.332 e. The Morgan fingerprint density at radius 3 is 2.61 bits per heavy atom. The number of hydrogen-bond donors (Lipinski definition) is 0. The Morgan fingerprint density at radius 1 is 1.23 bits per heavy atom. The number of methoxy groups -OCH3 is 2. The third kappa shape index (κ3) is 3.30. The van der Waals surface area contributed by atoms with E-state index < -0.39 is 5.69 Å². The number of nitrogens with zero attached hydrogens (tertiary/aromatic N) is 5. The molecule has 0 amide bonds. The SMILES string of the molecule is C=C(C)Cn1c(=O)c2c(nc3n2C[C@@H](C)CN3c2ccc(OC)cc2OC)n(C)c1=O. The summed E-state index contributed by atoms with van der Waals surface area (Å²) in [6.07, 6.45) is 0. The number of hydrogen-bond acceptors (Lipinski definition) is 6. The molecule has 0 aliphatic carbocycles. The van der Waals surface area contributed by atoms with E-state index in [1.807, 2.05) is 27.7 Å². The summed E-state index contributed by atoms with van der Waals surface area (Å²) < 4.78 is 15.5. The van der Waals surface area contributed by atoms with Crippen LogP contribution in [0.25, 0.3) is 11.2 Å². The lowest BCUT2D eigenvalue weighted by atomic mass is 10.1. The number of allylic oxidation sites excluding steroid dienone is 1. The van der Waals surface area contributed by atoms with Crippen LogP contribution in [0.2, 0.25) is 0 Å². The van der Waals surface area contributed by atoms with E-state index in [4.69, 9.17) is 14.5 Å². The van der Waals surface area contributed by atoms with E-state index in [0.717, 1.165) is 11.3 Å². The second kappa shape index (κ2) is 7.64. The Kier molecular flexibility index (Phi) is 5.12. The highest BCUT2D eigenvalue weighted by Gasteiger charge is 2.31. The second-order valence-corrected chi connectivity index (χ2v) is 8.14. The zero-order valence-electron chi connectivity index (χ0n) is 18.5. The number of benzene rings is 1. The van der Waals surface area contributed by atoms with Gasteiger partial charge in [0.15, 0.2) is 11.2 Å². The van der Waals surface area contributed by atoms with Crippen LogP contribution in [0.4, 0.5) is 11.6 Å². The Hall–Kier alpha value is -3.49. The van der Waals surface area contributed by atoms with Crippen LogP contribution >= 0.6 is 0 Å². The quantitative estimate of drug-likeness (QED) is 0.583. The molecular formula is C22H27N5O4. The first-order chi connectivity index (χ1) is 14.8. The molecular weight excluding hydrogens is 398 g/mol. The predicted molar refractivity (Wildman–Crippen MR) is 120 cm³/mol. The lowest BCUT2D eigenvalue weighted by Gasteiger charge is -2.33. The Bertz CT molecular complexity index is 1300. The molecule has 2 aromatic heterocycles. The van der Waals surface area contributed by atoms with Crippen molar-refractivity contribution in [2.45, 2.75) is 26.9 Å². The molecule has 9 nitrogen and oxygen atoms in total. The van der Waals surface area contributed by atoms with Gasteiger partial charge in [-0.2, -0.15) is 4.98 Å². The monoisotopic (exact) mass is 425 g/mol. The number of imidazole rings is 1. The summed E-state index contributed by atoms with van der Waals surface area (Å²) in [6.45, 7) is 9.26. The van der Waals surface area contributed by atoms with Crippen LogP contribution in [0, 0.1) is 5.92 Å². The van der Waals surface area contributed by atoms with Gasteiger partial charge in [0.05, 0.1) is 26.5 Å². The van der Waals surface area contributed by atoms with Gasteiger partial charge in [0, 0.05) is 26.2 Å². The number of aromatic nitrogens is 4. The van der Waals surface area contributed by atoms with Crippen LogP contribution in [0.1, 0.15) is 13.8 Å². The second-order valence-electron chi connectivity index (χ2n) is 8.14. The fourth-order valence-corrected chi connectivity index (χ4v) is 4.13. The summed E-state index contributed by atoms with van der Waals surface area (Å²) in [5.74, 6) is 2.17. The fourth-order valence-electron chi connectivity index (χ4n) is 4.13. The van der Waals surface area contributed by atoms with E-state index in [0.29, 0.717) is 41.7 Å². The predicted octanol–water partition coefficient (Wildman–Crippen LogP) is 2.28. The van der Waals surface area contributed by atoms with Crippen LogP contribution in [0.15, 0.2) is 39.9 Å². The van der Waals surface area contributed by atoms with Crippen LogP contribution < -0.4 is 25.6 Å². The summed E-state index contributed by atoms with van der Waals surface area (Å²) in [5.41, 5.74) is 1.58. The molecule has 1 aromatic carbocycles. The van der Waals surface area contributed by atoms with Crippen LogP contribution in [-0.2, 0) is 20.1 Å². The molecule has 0 spiro atoms. The fraction of sp³-hybridized carbons (Fsp3) is 0.409. The van der Waals surface area contributed by atoms with Crippen molar-refractivity contribution in [1.82, 2.24) is 18.7 Å². The number of rotatable bonds is 5. The summed E-state index contributed by atoms with van der Waals surface area (Å²) >= 11 is 0. The largest absolute Gasteiger partial charge is 0.497 e. The molecule has 0 fully saturated rings. The molecule has 0 N–H and O–H groups in total. The van der Waals surface area contributed by atoms with E-state index in [2.05, 4.69) is 13.5 Å². The van der Waals surface area contributed by atoms with Gasteiger partial charge < -0.3 is 18.9 Å². The van der Waals surface area contributed by atoms with E-state index in [1.54, 1.807) is 28.2 Å². The first kappa shape index (κ1) is 20.8.